The number of amides is 1. The number of alkyl halides is 3. The summed E-state index contributed by atoms with van der Waals surface area (Å²) >= 11 is 0. The summed E-state index contributed by atoms with van der Waals surface area (Å²) in [5, 5.41) is 22.3. The molecule has 2 aromatic carbocycles. The Morgan fingerprint density at radius 3 is 2.45 bits per heavy atom. The largest absolute Gasteiger partial charge is 0.505 e. The van der Waals surface area contributed by atoms with Crippen LogP contribution in [0.3, 0.4) is 0 Å². The third kappa shape index (κ3) is 5.71. The van der Waals surface area contributed by atoms with Gasteiger partial charge >= 0.3 is 6.18 Å². The Morgan fingerprint density at radius 1 is 1.12 bits per heavy atom. The molecule has 0 fully saturated rings. The molecular formula is C24H27F3N4O2. The number of benzene rings is 2. The quantitative estimate of drug-likeness (QED) is 0.398. The number of halogens is 3. The molecule has 0 radical (unpaired) electrons. The number of nitrogens with zero attached hydrogens (tertiary/aromatic N) is 3. The molecule has 2 N–H and O–H groups in total. The first-order chi connectivity index (χ1) is 15.4. The zero-order chi connectivity index (χ0) is 24.4. The van der Waals surface area contributed by atoms with E-state index >= 15 is 0 Å². The number of nitrogens with one attached hydrogen (secondary N) is 1. The minimum atomic E-state index is -4.48. The number of aromatic nitrogens is 3. The Kier molecular flexibility index (Phi) is 6.81. The molecule has 3 aromatic rings. The topological polar surface area (TPSA) is 80.0 Å². The van der Waals surface area contributed by atoms with E-state index in [-0.39, 0.29) is 22.7 Å². The van der Waals surface area contributed by atoms with Crippen molar-refractivity contribution in [2.75, 3.05) is 6.54 Å². The van der Waals surface area contributed by atoms with E-state index in [1.54, 1.807) is 19.1 Å². The number of phenols is 1. The molecule has 6 nitrogen and oxygen atoms in total. The second-order valence-corrected chi connectivity index (χ2v) is 8.85. The number of rotatable bonds is 6. The van der Waals surface area contributed by atoms with Crippen LogP contribution in [0, 0.1) is 0 Å². The molecule has 176 valence electrons. The van der Waals surface area contributed by atoms with Gasteiger partial charge in [-0.15, -0.1) is 15.0 Å². The molecule has 0 bridgehead atoms. The van der Waals surface area contributed by atoms with Crippen molar-refractivity contribution in [1.29, 1.82) is 0 Å². The molecule has 33 heavy (non-hydrogen) atoms. The molecule has 0 saturated carbocycles. The summed E-state index contributed by atoms with van der Waals surface area (Å²) in [6, 6.07) is 6.79. The SMILES string of the molecule is CC=CC(=O)NCCCc1cc(-n2nc3ccc(C(F)(F)F)cc3n2)c(O)c(C(C)(C)C)c1. The van der Waals surface area contributed by atoms with E-state index in [9.17, 15) is 23.1 Å². The number of aromatic hydroxyl groups is 1. The number of hydrogen-bond acceptors (Lipinski definition) is 4. The van der Waals surface area contributed by atoms with Crippen LogP contribution in [0.25, 0.3) is 16.7 Å². The maximum Gasteiger partial charge on any atom is 0.416 e. The third-order valence-electron chi connectivity index (χ3n) is 5.14. The van der Waals surface area contributed by atoms with Crippen molar-refractivity contribution in [3.8, 4) is 11.4 Å². The van der Waals surface area contributed by atoms with Crippen LogP contribution in [0.2, 0.25) is 0 Å². The Hall–Kier alpha value is -3.36. The summed E-state index contributed by atoms with van der Waals surface area (Å²) in [7, 11) is 0. The van der Waals surface area contributed by atoms with Crippen molar-refractivity contribution in [1.82, 2.24) is 20.3 Å². The fraction of sp³-hybridized carbons (Fsp3) is 0.375. The lowest BCUT2D eigenvalue weighted by atomic mass is 9.84. The van der Waals surface area contributed by atoms with Crippen LogP contribution in [-0.4, -0.2) is 32.6 Å². The summed E-state index contributed by atoms with van der Waals surface area (Å²) in [5.74, 6) is -0.186. The Bertz CT molecular complexity index is 1190. The lowest BCUT2D eigenvalue weighted by molar-refractivity contribution is -0.137. The molecule has 1 amide bonds. The predicted octanol–water partition coefficient (Wildman–Crippen LogP) is 5.07. The average molecular weight is 461 g/mol. The number of allylic oxidation sites excluding steroid dienone is 1. The maximum absolute atomic E-state index is 13.1. The van der Waals surface area contributed by atoms with Gasteiger partial charge in [0.1, 0.15) is 22.5 Å². The second kappa shape index (κ2) is 9.25. The Morgan fingerprint density at radius 2 is 1.82 bits per heavy atom. The van der Waals surface area contributed by atoms with Crippen molar-refractivity contribution >= 4 is 16.9 Å². The fourth-order valence-electron chi connectivity index (χ4n) is 3.46. The van der Waals surface area contributed by atoms with E-state index in [4.69, 9.17) is 0 Å². The van der Waals surface area contributed by atoms with Gasteiger partial charge in [0, 0.05) is 12.1 Å². The van der Waals surface area contributed by atoms with Crippen molar-refractivity contribution < 1.29 is 23.1 Å². The monoisotopic (exact) mass is 460 g/mol. The molecule has 1 heterocycles. The number of carbonyl (C=O) groups is 1. The molecule has 0 spiro atoms. The van der Waals surface area contributed by atoms with Gasteiger partial charge < -0.3 is 10.4 Å². The van der Waals surface area contributed by atoms with Gasteiger partial charge in [-0.1, -0.05) is 32.9 Å². The zero-order valence-electron chi connectivity index (χ0n) is 19.0. The van der Waals surface area contributed by atoms with Crippen LogP contribution in [0.1, 0.15) is 50.8 Å². The van der Waals surface area contributed by atoms with E-state index < -0.39 is 17.2 Å². The molecule has 0 saturated heterocycles. The van der Waals surface area contributed by atoms with Gasteiger partial charge in [0.15, 0.2) is 0 Å². The number of aryl methyl sites for hydroxylation is 1. The number of carbonyl (C=O) groups excluding carboxylic acids is 1. The van der Waals surface area contributed by atoms with Gasteiger partial charge in [-0.05, 0) is 61.1 Å². The van der Waals surface area contributed by atoms with Gasteiger partial charge in [0.2, 0.25) is 5.91 Å². The van der Waals surface area contributed by atoms with Gasteiger partial charge in [-0.3, -0.25) is 4.79 Å². The first kappa shape index (κ1) is 24.3. The molecule has 1 aromatic heterocycles. The molecule has 0 aliphatic rings. The fourth-order valence-corrected chi connectivity index (χ4v) is 3.46. The molecule has 0 atom stereocenters. The van der Waals surface area contributed by atoms with Crippen LogP contribution in [0.5, 0.6) is 5.75 Å². The lowest BCUT2D eigenvalue weighted by Gasteiger charge is -2.23. The van der Waals surface area contributed by atoms with Gasteiger partial charge in [0.25, 0.3) is 0 Å². The molecule has 0 aliphatic carbocycles. The van der Waals surface area contributed by atoms with E-state index in [0.29, 0.717) is 30.6 Å². The molecule has 0 unspecified atom stereocenters. The Balaban J connectivity index is 1.96. The van der Waals surface area contributed by atoms with Gasteiger partial charge in [-0.2, -0.15) is 13.2 Å². The summed E-state index contributed by atoms with van der Waals surface area (Å²) in [5.41, 5.74) is 1.02. The van der Waals surface area contributed by atoms with Crippen molar-refractivity contribution in [3.05, 3.63) is 59.2 Å². The highest BCUT2D eigenvalue weighted by atomic mass is 19.4. The molecule has 9 heteroatoms. The van der Waals surface area contributed by atoms with E-state index in [0.717, 1.165) is 17.7 Å². The lowest BCUT2D eigenvalue weighted by Crippen LogP contribution is -2.22. The third-order valence-corrected chi connectivity index (χ3v) is 5.14. The highest BCUT2D eigenvalue weighted by molar-refractivity contribution is 5.87. The number of phenolic OH excluding ortho intramolecular Hbond substituents is 1. The predicted molar refractivity (Wildman–Crippen MR) is 120 cm³/mol. The zero-order valence-corrected chi connectivity index (χ0v) is 19.0. The van der Waals surface area contributed by atoms with Crippen LogP contribution >= 0.6 is 0 Å². The van der Waals surface area contributed by atoms with E-state index in [1.807, 2.05) is 26.8 Å². The number of hydrogen-bond donors (Lipinski definition) is 2. The maximum atomic E-state index is 13.1. The van der Waals surface area contributed by atoms with Crippen LogP contribution < -0.4 is 5.32 Å². The molecular weight excluding hydrogens is 433 g/mol. The van der Waals surface area contributed by atoms with Crippen molar-refractivity contribution in [2.24, 2.45) is 0 Å². The van der Waals surface area contributed by atoms with Gasteiger partial charge in [0.05, 0.1) is 5.56 Å². The smallest absolute Gasteiger partial charge is 0.416 e. The van der Waals surface area contributed by atoms with E-state index in [1.165, 1.54) is 16.9 Å². The molecule has 0 aliphatic heterocycles. The minimum absolute atomic E-state index is 0.0241. The minimum Gasteiger partial charge on any atom is -0.505 e. The summed E-state index contributed by atoms with van der Waals surface area (Å²) in [6.45, 7) is 8.11. The van der Waals surface area contributed by atoms with Crippen LogP contribution in [0.15, 0.2) is 42.5 Å². The van der Waals surface area contributed by atoms with E-state index in [2.05, 4.69) is 15.5 Å². The summed E-state index contributed by atoms with van der Waals surface area (Å²) in [6.07, 6.45) is -0.0850. The first-order valence-electron chi connectivity index (χ1n) is 10.6. The van der Waals surface area contributed by atoms with Crippen molar-refractivity contribution in [3.63, 3.8) is 0 Å². The van der Waals surface area contributed by atoms with Gasteiger partial charge in [-0.25, -0.2) is 0 Å². The molecule has 3 rings (SSSR count). The highest BCUT2D eigenvalue weighted by Crippen LogP contribution is 2.37. The van der Waals surface area contributed by atoms with Crippen LogP contribution in [0.4, 0.5) is 13.2 Å². The average Bonchev–Trinajstić information content (AvgIpc) is 3.14. The normalized spacial score (nSPS) is 12.6. The standard InChI is InChI=1S/C24H27F3N4O2/c1-5-7-21(32)28-11-6-8-15-12-17(23(2,3)4)22(33)20(13-15)31-29-18-10-9-16(24(25,26)27)14-19(18)30-31/h5,7,9-10,12-14,33H,6,8,11H2,1-4H3,(H,28,32). The highest BCUT2D eigenvalue weighted by Gasteiger charge is 2.31. The van der Waals surface area contributed by atoms with Crippen molar-refractivity contribution in [2.45, 2.75) is 52.1 Å². The number of fused-ring (bicyclic) bond motifs is 1. The van der Waals surface area contributed by atoms with Crippen LogP contribution in [-0.2, 0) is 22.8 Å². The first-order valence-corrected chi connectivity index (χ1v) is 10.6. The summed E-state index contributed by atoms with van der Waals surface area (Å²) in [4.78, 5) is 12.7. The second-order valence-electron chi connectivity index (χ2n) is 8.85. The Labute approximate surface area is 190 Å². The summed E-state index contributed by atoms with van der Waals surface area (Å²) < 4.78 is 39.2.